The molecule has 0 fully saturated rings. The van der Waals surface area contributed by atoms with E-state index in [2.05, 4.69) is 10.3 Å². The first-order chi connectivity index (χ1) is 5.98. The summed E-state index contributed by atoms with van der Waals surface area (Å²) >= 11 is 1.48. The molecule has 2 rings (SSSR count). The Morgan fingerprint density at radius 1 is 1.62 bits per heavy atom. The van der Waals surface area contributed by atoms with Crippen LogP contribution < -0.4 is 10.2 Å². The molecule has 1 N–H and O–H groups in total. The zero-order valence-corrected chi connectivity index (χ0v) is 8.79. The van der Waals surface area contributed by atoms with Crippen molar-refractivity contribution in [1.29, 1.82) is 0 Å². The number of carbonyl (C=O) groups is 1. The van der Waals surface area contributed by atoms with Crippen molar-refractivity contribution in [3.05, 3.63) is 10.6 Å². The number of thiazole rings is 1. The maximum atomic E-state index is 11.6. The third kappa shape index (κ3) is 1.48. The second kappa shape index (κ2) is 2.58. The monoisotopic (exact) mass is 194 g/mol. The first-order valence-corrected chi connectivity index (χ1v) is 5.08. The van der Waals surface area contributed by atoms with Gasteiger partial charge in [-0.05, 0) is 13.8 Å². The SMILES string of the molecule is Bc1nc2c(s1)C(=O)NC(C)(C)C2. The van der Waals surface area contributed by atoms with Crippen LogP contribution in [-0.4, -0.2) is 24.3 Å². The van der Waals surface area contributed by atoms with Crippen LogP contribution in [0.3, 0.4) is 0 Å². The summed E-state index contributed by atoms with van der Waals surface area (Å²) in [5.41, 5.74) is 0.807. The Morgan fingerprint density at radius 2 is 2.31 bits per heavy atom. The predicted octanol–water partition coefficient (Wildman–Crippen LogP) is -0.534. The summed E-state index contributed by atoms with van der Waals surface area (Å²) in [7, 11) is 1.93. The van der Waals surface area contributed by atoms with Gasteiger partial charge >= 0.3 is 0 Å². The molecule has 0 aliphatic carbocycles. The minimum absolute atomic E-state index is 0.0249. The average molecular weight is 194 g/mol. The molecule has 0 aromatic carbocycles. The van der Waals surface area contributed by atoms with Gasteiger partial charge in [-0.3, -0.25) is 9.78 Å². The Bertz CT molecular complexity index is 372. The van der Waals surface area contributed by atoms with E-state index in [0.717, 1.165) is 21.9 Å². The van der Waals surface area contributed by atoms with Crippen LogP contribution in [-0.2, 0) is 6.42 Å². The van der Waals surface area contributed by atoms with Gasteiger partial charge in [-0.15, -0.1) is 11.3 Å². The highest BCUT2D eigenvalue weighted by atomic mass is 32.1. The Balaban J connectivity index is 2.48. The van der Waals surface area contributed by atoms with Gasteiger partial charge in [-0.1, -0.05) is 0 Å². The van der Waals surface area contributed by atoms with Crippen LogP contribution in [0.4, 0.5) is 0 Å². The highest BCUT2D eigenvalue weighted by Crippen LogP contribution is 2.23. The van der Waals surface area contributed by atoms with Crippen LogP contribution in [0.5, 0.6) is 0 Å². The Labute approximate surface area is 82.0 Å². The van der Waals surface area contributed by atoms with Crippen molar-refractivity contribution in [2.45, 2.75) is 25.8 Å². The lowest BCUT2D eigenvalue weighted by Crippen LogP contribution is -2.48. The van der Waals surface area contributed by atoms with E-state index in [1.54, 1.807) is 0 Å². The van der Waals surface area contributed by atoms with Gasteiger partial charge in [0.25, 0.3) is 5.91 Å². The zero-order chi connectivity index (χ0) is 9.64. The zero-order valence-electron chi connectivity index (χ0n) is 7.97. The van der Waals surface area contributed by atoms with E-state index in [1.165, 1.54) is 11.3 Å². The third-order valence-electron chi connectivity index (χ3n) is 2.07. The predicted molar refractivity (Wildman–Crippen MR) is 55.5 cm³/mol. The number of aromatic nitrogens is 1. The summed E-state index contributed by atoms with van der Waals surface area (Å²) in [5, 5.41) is 2.96. The van der Waals surface area contributed by atoms with Crippen LogP contribution in [0.25, 0.3) is 0 Å². The number of carbonyl (C=O) groups excluding carboxylic acids is 1. The summed E-state index contributed by atoms with van der Waals surface area (Å²) < 4.78 is 0. The van der Waals surface area contributed by atoms with Gasteiger partial charge in [0, 0.05) is 16.9 Å². The van der Waals surface area contributed by atoms with Crippen molar-refractivity contribution in [2.24, 2.45) is 0 Å². The molecule has 1 aliphatic rings. The van der Waals surface area contributed by atoms with Gasteiger partial charge in [0.2, 0.25) is 0 Å². The molecule has 0 unspecified atom stereocenters. The van der Waals surface area contributed by atoms with Gasteiger partial charge in [0.1, 0.15) is 4.88 Å². The molecular formula is C8H11BN2OS. The molecule has 0 spiro atoms. The van der Waals surface area contributed by atoms with Crippen LogP contribution in [0, 0.1) is 0 Å². The van der Waals surface area contributed by atoms with E-state index in [-0.39, 0.29) is 11.4 Å². The number of rotatable bonds is 0. The van der Waals surface area contributed by atoms with Crippen LogP contribution in [0.1, 0.15) is 29.2 Å². The standard InChI is InChI=1S/C8H11BN2OS/c1-8(2)3-4-5(6(12)11-8)13-7(9)10-4/h3,9H2,1-2H3,(H,11,12). The van der Waals surface area contributed by atoms with E-state index >= 15 is 0 Å². The van der Waals surface area contributed by atoms with Crippen molar-refractivity contribution in [2.75, 3.05) is 0 Å². The first kappa shape index (κ1) is 8.75. The van der Waals surface area contributed by atoms with E-state index in [0.29, 0.717) is 0 Å². The van der Waals surface area contributed by atoms with E-state index in [9.17, 15) is 4.79 Å². The Hall–Kier alpha value is -0.835. The lowest BCUT2D eigenvalue weighted by molar-refractivity contribution is 0.0901. The first-order valence-electron chi connectivity index (χ1n) is 4.27. The van der Waals surface area contributed by atoms with Crippen molar-refractivity contribution < 1.29 is 4.79 Å². The molecule has 1 aliphatic heterocycles. The fraction of sp³-hybridized carbons (Fsp3) is 0.500. The van der Waals surface area contributed by atoms with E-state index in [4.69, 9.17) is 0 Å². The summed E-state index contributed by atoms with van der Waals surface area (Å²) in [6.07, 6.45) is 0.832. The molecule has 2 heterocycles. The van der Waals surface area contributed by atoms with Crippen molar-refractivity contribution in [3.8, 4) is 0 Å². The van der Waals surface area contributed by atoms with Crippen LogP contribution in [0.2, 0.25) is 0 Å². The minimum atomic E-state index is -0.148. The van der Waals surface area contributed by atoms with Gasteiger partial charge in [0.05, 0.1) is 5.69 Å². The second-order valence-corrected chi connectivity index (χ2v) is 5.23. The van der Waals surface area contributed by atoms with Crippen LogP contribution >= 0.6 is 11.3 Å². The molecular weight excluding hydrogens is 183 g/mol. The Morgan fingerprint density at radius 3 is 3.00 bits per heavy atom. The summed E-state index contributed by atoms with van der Waals surface area (Å²) in [5.74, 6) is 0.0249. The average Bonchev–Trinajstić information content (AvgIpc) is 2.27. The van der Waals surface area contributed by atoms with Crippen molar-refractivity contribution >= 4 is 30.0 Å². The Kier molecular flexibility index (Phi) is 1.73. The lowest BCUT2D eigenvalue weighted by Gasteiger charge is -2.29. The highest BCUT2D eigenvalue weighted by molar-refractivity contribution is 7.21. The highest BCUT2D eigenvalue weighted by Gasteiger charge is 2.32. The number of amides is 1. The summed E-state index contributed by atoms with van der Waals surface area (Å²) in [6, 6.07) is 0. The number of hydrogen-bond donors (Lipinski definition) is 1. The van der Waals surface area contributed by atoms with E-state index < -0.39 is 0 Å². The normalized spacial score (nSPS) is 19.4. The fourth-order valence-electron chi connectivity index (χ4n) is 1.59. The van der Waals surface area contributed by atoms with Gasteiger partial charge in [-0.25, -0.2) is 0 Å². The quantitative estimate of drug-likeness (QED) is 0.564. The minimum Gasteiger partial charge on any atom is -0.346 e. The van der Waals surface area contributed by atoms with Gasteiger partial charge in [0.15, 0.2) is 7.85 Å². The molecule has 0 saturated carbocycles. The molecule has 1 aromatic heterocycles. The molecule has 0 atom stereocenters. The number of nitrogens with zero attached hydrogens (tertiary/aromatic N) is 1. The maximum Gasteiger partial charge on any atom is 0.263 e. The smallest absolute Gasteiger partial charge is 0.263 e. The fourth-order valence-corrected chi connectivity index (χ4v) is 2.42. The van der Waals surface area contributed by atoms with Crippen molar-refractivity contribution in [1.82, 2.24) is 10.3 Å². The summed E-state index contributed by atoms with van der Waals surface area (Å²) in [4.78, 5) is 17.7. The molecule has 5 heteroatoms. The molecule has 0 radical (unpaired) electrons. The van der Waals surface area contributed by atoms with E-state index in [1.807, 2.05) is 21.7 Å². The van der Waals surface area contributed by atoms with Gasteiger partial charge in [-0.2, -0.15) is 0 Å². The second-order valence-electron chi connectivity index (χ2n) is 4.02. The molecule has 0 saturated heterocycles. The molecule has 68 valence electrons. The summed E-state index contributed by atoms with van der Waals surface area (Å²) in [6.45, 7) is 4.03. The van der Waals surface area contributed by atoms with Gasteiger partial charge < -0.3 is 5.32 Å². The molecule has 0 bridgehead atoms. The largest absolute Gasteiger partial charge is 0.346 e. The third-order valence-corrected chi connectivity index (χ3v) is 3.08. The molecule has 1 aromatic rings. The molecule has 1 amide bonds. The number of hydrogen-bond acceptors (Lipinski definition) is 3. The number of nitrogens with one attached hydrogen (secondary N) is 1. The molecule has 3 nitrogen and oxygen atoms in total. The van der Waals surface area contributed by atoms with Crippen LogP contribution in [0.15, 0.2) is 0 Å². The van der Waals surface area contributed by atoms with Crippen molar-refractivity contribution in [3.63, 3.8) is 0 Å². The topological polar surface area (TPSA) is 42.0 Å². The molecule has 13 heavy (non-hydrogen) atoms. The number of fused-ring (bicyclic) bond motifs is 1. The maximum absolute atomic E-state index is 11.6. The lowest BCUT2D eigenvalue weighted by atomic mass is 9.94.